The highest BCUT2D eigenvalue weighted by Crippen LogP contribution is 2.31. The molecule has 0 spiro atoms. The van der Waals surface area contributed by atoms with Crippen LogP contribution in [0.25, 0.3) is 11.3 Å². The van der Waals surface area contributed by atoms with E-state index in [-0.39, 0.29) is 6.10 Å². The first-order valence-corrected chi connectivity index (χ1v) is 10.6. The zero-order valence-electron chi connectivity index (χ0n) is 18.9. The predicted octanol–water partition coefficient (Wildman–Crippen LogP) is 5.26. The molecule has 33 heavy (non-hydrogen) atoms. The first kappa shape index (κ1) is 23.2. The van der Waals surface area contributed by atoms with Gasteiger partial charge in [0.25, 0.3) is 0 Å². The molecule has 1 N–H and O–H groups in total. The van der Waals surface area contributed by atoms with Gasteiger partial charge < -0.3 is 14.8 Å². The molecule has 1 atom stereocenters. The Morgan fingerprint density at radius 1 is 1.15 bits per heavy atom. The van der Waals surface area contributed by atoms with E-state index in [1.807, 2.05) is 32.4 Å². The number of alkyl halides is 3. The molecule has 7 nitrogen and oxygen atoms in total. The largest absolute Gasteiger partial charge is 0.416 e. The summed E-state index contributed by atoms with van der Waals surface area (Å²) < 4.78 is 51.8. The van der Waals surface area contributed by atoms with Crippen LogP contribution in [0.2, 0.25) is 0 Å². The fraction of sp³-hybridized carbons (Fsp3) is 0.435. The van der Waals surface area contributed by atoms with Crippen LogP contribution in [-0.4, -0.2) is 38.2 Å². The van der Waals surface area contributed by atoms with E-state index in [4.69, 9.17) is 9.47 Å². The number of anilines is 2. The van der Waals surface area contributed by atoms with E-state index >= 15 is 0 Å². The fourth-order valence-corrected chi connectivity index (χ4v) is 3.89. The van der Waals surface area contributed by atoms with Gasteiger partial charge >= 0.3 is 6.18 Å². The maximum absolute atomic E-state index is 12.8. The van der Waals surface area contributed by atoms with Crippen molar-refractivity contribution in [3.8, 4) is 11.3 Å². The number of hydrogen-bond acceptors (Lipinski definition) is 6. The molecule has 1 fully saturated rings. The molecule has 4 rings (SSSR count). The summed E-state index contributed by atoms with van der Waals surface area (Å²) in [6, 6.07) is 4.78. The maximum atomic E-state index is 12.8. The molecule has 0 amide bonds. The van der Waals surface area contributed by atoms with Crippen molar-refractivity contribution in [2.75, 3.05) is 11.9 Å². The van der Waals surface area contributed by atoms with E-state index in [0.29, 0.717) is 30.4 Å². The highest BCUT2D eigenvalue weighted by atomic mass is 19.4. The van der Waals surface area contributed by atoms with Crippen LogP contribution in [0.3, 0.4) is 0 Å². The molecule has 2 aromatic heterocycles. The molecule has 3 heterocycles. The standard InChI is InChI=1S/C23H26F3N5O2/c1-14-21(15(2)31(30-14)10-9-18-13-32-22(3,4)33-18)19-11-27-12-20(29-19)28-17-7-5-16(6-8-17)23(24,25)26/h5-8,11-12,18H,9-10,13H2,1-4H3,(H,28,29)/t18-/m0/s1. The third-order valence-electron chi connectivity index (χ3n) is 5.49. The van der Waals surface area contributed by atoms with Crippen LogP contribution >= 0.6 is 0 Å². The lowest BCUT2D eigenvalue weighted by molar-refractivity contribution is -0.139. The van der Waals surface area contributed by atoms with E-state index in [9.17, 15) is 13.2 Å². The van der Waals surface area contributed by atoms with E-state index in [2.05, 4.69) is 20.4 Å². The summed E-state index contributed by atoms with van der Waals surface area (Å²) in [7, 11) is 0. The minimum absolute atomic E-state index is 0.0170. The van der Waals surface area contributed by atoms with Crippen LogP contribution < -0.4 is 5.32 Å². The molecular weight excluding hydrogens is 435 g/mol. The van der Waals surface area contributed by atoms with Crippen molar-refractivity contribution >= 4 is 11.5 Å². The van der Waals surface area contributed by atoms with Crippen molar-refractivity contribution in [3.05, 3.63) is 53.6 Å². The van der Waals surface area contributed by atoms with Crippen LogP contribution in [-0.2, 0) is 22.2 Å². The van der Waals surface area contributed by atoms with E-state index in [1.54, 1.807) is 6.20 Å². The van der Waals surface area contributed by atoms with E-state index in [1.165, 1.54) is 18.3 Å². The second-order valence-corrected chi connectivity index (χ2v) is 8.50. The first-order valence-electron chi connectivity index (χ1n) is 10.6. The van der Waals surface area contributed by atoms with Crippen molar-refractivity contribution < 1.29 is 22.6 Å². The Balaban J connectivity index is 1.49. The monoisotopic (exact) mass is 461 g/mol. The summed E-state index contributed by atoms with van der Waals surface area (Å²) in [5, 5.41) is 7.67. The molecule has 1 aromatic carbocycles. The molecule has 176 valence electrons. The Labute approximate surface area is 190 Å². The van der Waals surface area contributed by atoms with Crippen LogP contribution in [0.5, 0.6) is 0 Å². The summed E-state index contributed by atoms with van der Waals surface area (Å²) in [4.78, 5) is 8.86. The minimum atomic E-state index is -4.37. The van der Waals surface area contributed by atoms with Crippen molar-refractivity contribution in [2.45, 2.75) is 58.7 Å². The summed E-state index contributed by atoms with van der Waals surface area (Å²) >= 11 is 0. The number of rotatable bonds is 6. The summed E-state index contributed by atoms with van der Waals surface area (Å²) in [5.74, 6) is -0.126. The topological polar surface area (TPSA) is 74.1 Å². The maximum Gasteiger partial charge on any atom is 0.416 e. The van der Waals surface area contributed by atoms with Gasteiger partial charge in [-0.1, -0.05) is 0 Å². The third-order valence-corrected chi connectivity index (χ3v) is 5.49. The average molecular weight is 461 g/mol. The quantitative estimate of drug-likeness (QED) is 0.540. The number of hydrogen-bond donors (Lipinski definition) is 1. The SMILES string of the molecule is Cc1nn(CC[C@H]2COC(C)(C)O2)c(C)c1-c1cncc(Nc2ccc(C(F)(F)F)cc2)n1. The number of benzene rings is 1. The number of aryl methyl sites for hydroxylation is 2. The van der Waals surface area contributed by atoms with E-state index in [0.717, 1.165) is 35.5 Å². The number of aromatic nitrogens is 4. The Hall–Kier alpha value is -2.98. The number of ether oxygens (including phenoxy) is 2. The molecular formula is C23H26F3N5O2. The minimum Gasteiger partial charge on any atom is -0.348 e. The van der Waals surface area contributed by atoms with Crippen LogP contribution in [0.4, 0.5) is 24.7 Å². The van der Waals surface area contributed by atoms with Crippen LogP contribution in [0.15, 0.2) is 36.7 Å². The second kappa shape index (κ2) is 8.75. The lowest BCUT2D eigenvalue weighted by Gasteiger charge is -2.17. The Morgan fingerprint density at radius 2 is 1.88 bits per heavy atom. The lowest BCUT2D eigenvalue weighted by Crippen LogP contribution is -2.22. The molecule has 1 saturated heterocycles. The number of nitrogens with zero attached hydrogens (tertiary/aromatic N) is 4. The lowest BCUT2D eigenvalue weighted by atomic mass is 10.1. The predicted molar refractivity (Wildman–Crippen MR) is 117 cm³/mol. The Bertz CT molecular complexity index is 1130. The van der Waals surface area contributed by atoms with Gasteiger partial charge in [0, 0.05) is 23.5 Å². The summed E-state index contributed by atoms with van der Waals surface area (Å²) in [6.07, 6.45) is -0.416. The average Bonchev–Trinajstić information content (AvgIpc) is 3.23. The van der Waals surface area contributed by atoms with Crippen molar-refractivity contribution in [1.82, 2.24) is 19.7 Å². The molecule has 3 aromatic rings. The first-order chi connectivity index (χ1) is 15.5. The number of nitrogens with one attached hydrogen (secondary N) is 1. The fourth-order valence-electron chi connectivity index (χ4n) is 3.89. The van der Waals surface area contributed by atoms with Gasteiger partial charge in [-0.2, -0.15) is 18.3 Å². The van der Waals surface area contributed by atoms with Crippen molar-refractivity contribution in [3.63, 3.8) is 0 Å². The molecule has 0 bridgehead atoms. The summed E-state index contributed by atoms with van der Waals surface area (Å²) in [6.45, 7) is 8.92. The van der Waals surface area contributed by atoms with Crippen LogP contribution in [0.1, 0.15) is 37.2 Å². The molecule has 10 heteroatoms. The normalized spacial score (nSPS) is 18.0. The van der Waals surface area contributed by atoms with Gasteiger partial charge in [-0.05, 0) is 58.4 Å². The van der Waals surface area contributed by atoms with Crippen LogP contribution in [0, 0.1) is 13.8 Å². The molecule has 0 radical (unpaired) electrons. The van der Waals surface area contributed by atoms with Gasteiger partial charge in [0.1, 0.15) is 5.82 Å². The third kappa shape index (κ3) is 5.33. The summed E-state index contributed by atoms with van der Waals surface area (Å²) in [5.41, 5.74) is 3.06. The zero-order chi connectivity index (χ0) is 23.8. The van der Waals surface area contributed by atoms with Crippen molar-refractivity contribution in [1.29, 1.82) is 0 Å². The Kier molecular flexibility index (Phi) is 6.15. The molecule has 0 saturated carbocycles. The highest BCUT2D eigenvalue weighted by molar-refractivity contribution is 5.66. The number of halogens is 3. The molecule has 0 aliphatic carbocycles. The van der Waals surface area contributed by atoms with Gasteiger partial charge in [-0.25, -0.2) is 4.98 Å². The van der Waals surface area contributed by atoms with Gasteiger partial charge in [-0.15, -0.1) is 0 Å². The smallest absolute Gasteiger partial charge is 0.348 e. The van der Waals surface area contributed by atoms with Gasteiger partial charge in [0.05, 0.1) is 42.1 Å². The molecule has 1 aliphatic heterocycles. The molecule has 0 unspecified atom stereocenters. The van der Waals surface area contributed by atoms with Crippen molar-refractivity contribution in [2.24, 2.45) is 0 Å². The second-order valence-electron chi connectivity index (χ2n) is 8.50. The van der Waals surface area contributed by atoms with Gasteiger partial charge in [0.2, 0.25) is 0 Å². The zero-order valence-corrected chi connectivity index (χ0v) is 18.9. The van der Waals surface area contributed by atoms with Gasteiger partial charge in [-0.3, -0.25) is 9.67 Å². The molecule has 1 aliphatic rings. The van der Waals surface area contributed by atoms with E-state index < -0.39 is 17.5 Å². The highest BCUT2D eigenvalue weighted by Gasteiger charge is 2.32. The van der Waals surface area contributed by atoms with Gasteiger partial charge in [0.15, 0.2) is 5.79 Å². The Morgan fingerprint density at radius 3 is 2.52 bits per heavy atom.